The van der Waals surface area contributed by atoms with E-state index in [-0.39, 0.29) is 13.0 Å². The number of amides is 2. The van der Waals surface area contributed by atoms with Crippen molar-refractivity contribution in [3.63, 3.8) is 0 Å². The Morgan fingerprint density at radius 1 is 1.16 bits per heavy atom. The van der Waals surface area contributed by atoms with E-state index in [9.17, 15) is 14.0 Å². The highest BCUT2D eigenvalue weighted by atomic mass is 19.1. The van der Waals surface area contributed by atoms with Crippen molar-refractivity contribution in [2.75, 3.05) is 6.54 Å². The molecule has 1 aliphatic heterocycles. The number of aromatic nitrogens is 1. The predicted molar refractivity (Wildman–Crippen MR) is 119 cm³/mol. The van der Waals surface area contributed by atoms with Crippen LogP contribution < -0.4 is 5.32 Å². The number of benzene rings is 1. The van der Waals surface area contributed by atoms with Crippen LogP contribution in [0.2, 0.25) is 0 Å². The zero-order valence-corrected chi connectivity index (χ0v) is 18.8. The number of hydrogen-bond acceptors (Lipinski definition) is 4. The molecule has 2 aromatic rings. The number of rotatable bonds is 5. The molecule has 1 saturated heterocycles. The highest BCUT2D eigenvalue weighted by Crippen LogP contribution is 2.40. The Bertz CT molecular complexity index is 955. The van der Waals surface area contributed by atoms with E-state index in [0.29, 0.717) is 11.6 Å². The van der Waals surface area contributed by atoms with E-state index >= 15 is 0 Å². The summed E-state index contributed by atoms with van der Waals surface area (Å²) in [6.07, 6.45) is 2.24. The predicted octanol–water partition coefficient (Wildman–Crippen LogP) is 4.51. The summed E-state index contributed by atoms with van der Waals surface area (Å²) in [5, 5.41) is 3.01. The van der Waals surface area contributed by atoms with Crippen LogP contribution in [0.15, 0.2) is 48.7 Å². The van der Waals surface area contributed by atoms with Gasteiger partial charge in [0.2, 0.25) is 5.91 Å². The fourth-order valence-corrected chi connectivity index (χ4v) is 4.01. The van der Waals surface area contributed by atoms with Crippen molar-refractivity contribution in [3.8, 4) is 0 Å². The lowest BCUT2D eigenvalue weighted by Crippen LogP contribution is -2.48. The molecule has 32 heavy (non-hydrogen) atoms. The van der Waals surface area contributed by atoms with E-state index in [0.717, 1.165) is 5.56 Å². The minimum Gasteiger partial charge on any atom is -0.444 e. The normalized spacial score (nSPS) is 21.8. The summed E-state index contributed by atoms with van der Waals surface area (Å²) < 4.78 is 19.6. The van der Waals surface area contributed by atoms with Crippen molar-refractivity contribution < 1.29 is 18.7 Å². The number of nitrogens with zero attached hydrogens (tertiary/aromatic N) is 2. The fraction of sp³-hybridized carbons (Fsp3) is 0.480. The summed E-state index contributed by atoms with van der Waals surface area (Å²) in [5.41, 5.74) is 2.05. The van der Waals surface area contributed by atoms with Gasteiger partial charge in [-0.15, -0.1) is 0 Å². The Labute approximate surface area is 188 Å². The zero-order valence-electron chi connectivity index (χ0n) is 18.8. The maximum absolute atomic E-state index is 14.2. The third-order valence-corrected chi connectivity index (χ3v) is 5.75. The number of halogens is 1. The van der Waals surface area contributed by atoms with Crippen molar-refractivity contribution in [1.82, 2.24) is 15.2 Å². The topological polar surface area (TPSA) is 71.5 Å². The zero-order chi connectivity index (χ0) is 22.9. The molecule has 3 unspecified atom stereocenters. The Morgan fingerprint density at radius 2 is 1.88 bits per heavy atom. The van der Waals surface area contributed by atoms with Gasteiger partial charge in [-0.25, -0.2) is 9.18 Å². The molecule has 170 valence electrons. The molecule has 1 aromatic heterocycles. The second kappa shape index (κ2) is 8.88. The molecule has 2 heterocycles. The van der Waals surface area contributed by atoms with Crippen LogP contribution in [-0.4, -0.2) is 46.2 Å². The van der Waals surface area contributed by atoms with Gasteiger partial charge in [-0.1, -0.05) is 36.4 Å². The van der Waals surface area contributed by atoms with E-state index in [1.54, 1.807) is 20.8 Å². The lowest BCUT2D eigenvalue weighted by molar-refractivity contribution is -0.126. The molecule has 0 radical (unpaired) electrons. The lowest BCUT2D eigenvalue weighted by Gasteiger charge is -2.29. The summed E-state index contributed by atoms with van der Waals surface area (Å²) in [4.78, 5) is 31.7. The summed E-state index contributed by atoms with van der Waals surface area (Å²) in [5.74, 6) is 0.168. The summed E-state index contributed by atoms with van der Waals surface area (Å²) in [7, 11) is 0. The Hall–Kier alpha value is -2.96. The standard InChI is InChI=1S/C25H30FN3O3/c1-25(2,3)32-24(31)29-15-19(26)13-21(29)23(30)28-22(17-7-5-4-6-8-17)20-12-11-18(14-27-20)16-9-10-16/h4-8,11-12,14,16,19,21-22H,9-10,13,15H2,1-3H3,(H,28,30). The van der Waals surface area contributed by atoms with E-state index < -0.39 is 35.9 Å². The molecule has 1 aliphatic carbocycles. The molecule has 7 heteroatoms. The highest BCUT2D eigenvalue weighted by Gasteiger charge is 2.42. The molecular formula is C25H30FN3O3. The first-order valence-corrected chi connectivity index (χ1v) is 11.2. The first-order valence-electron chi connectivity index (χ1n) is 11.2. The van der Waals surface area contributed by atoms with Gasteiger partial charge in [-0.05, 0) is 56.7 Å². The van der Waals surface area contributed by atoms with Crippen LogP contribution >= 0.6 is 0 Å². The first-order chi connectivity index (χ1) is 15.2. The molecule has 1 N–H and O–H groups in total. The van der Waals surface area contributed by atoms with Crippen molar-refractivity contribution in [2.45, 2.75) is 69.8 Å². The number of carbonyl (C=O) groups excluding carboxylic acids is 2. The molecule has 2 aliphatic rings. The van der Waals surface area contributed by atoms with Gasteiger partial charge >= 0.3 is 6.09 Å². The third kappa shape index (κ3) is 5.26. The van der Waals surface area contributed by atoms with Gasteiger partial charge in [0.15, 0.2) is 0 Å². The minimum atomic E-state index is -1.27. The van der Waals surface area contributed by atoms with E-state index in [1.807, 2.05) is 42.6 Å². The maximum atomic E-state index is 14.2. The van der Waals surface area contributed by atoms with E-state index in [2.05, 4.69) is 16.4 Å². The molecular weight excluding hydrogens is 409 g/mol. The largest absolute Gasteiger partial charge is 0.444 e. The van der Waals surface area contributed by atoms with Crippen LogP contribution in [-0.2, 0) is 9.53 Å². The SMILES string of the molecule is CC(C)(C)OC(=O)N1CC(F)CC1C(=O)NC(c1ccccc1)c1ccc(C2CC2)cn1. The van der Waals surface area contributed by atoms with Gasteiger partial charge in [-0.2, -0.15) is 0 Å². The molecule has 4 rings (SSSR count). The van der Waals surface area contributed by atoms with Gasteiger partial charge in [0.1, 0.15) is 17.8 Å². The molecule has 2 amide bonds. The Morgan fingerprint density at radius 3 is 2.47 bits per heavy atom. The molecule has 0 bridgehead atoms. The van der Waals surface area contributed by atoms with Crippen LogP contribution in [0.4, 0.5) is 9.18 Å². The summed E-state index contributed by atoms with van der Waals surface area (Å²) >= 11 is 0. The van der Waals surface area contributed by atoms with Crippen molar-refractivity contribution >= 4 is 12.0 Å². The molecule has 0 spiro atoms. The van der Waals surface area contributed by atoms with Gasteiger partial charge in [-0.3, -0.25) is 14.7 Å². The Kier molecular flexibility index (Phi) is 6.17. The lowest BCUT2D eigenvalue weighted by atomic mass is 10.0. The fourth-order valence-electron chi connectivity index (χ4n) is 4.01. The van der Waals surface area contributed by atoms with E-state index in [1.165, 1.54) is 23.3 Å². The average molecular weight is 440 g/mol. The third-order valence-electron chi connectivity index (χ3n) is 5.75. The van der Waals surface area contributed by atoms with Gasteiger partial charge in [0.25, 0.3) is 0 Å². The summed E-state index contributed by atoms with van der Waals surface area (Å²) in [6, 6.07) is 12.1. The van der Waals surface area contributed by atoms with Crippen LogP contribution in [0.25, 0.3) is 0 Å². The van der Waals surface area contributed by atoms with E-state index in [4.69, 9.17) is 4.74 Å². The average Bonchev–Trinajstić information content (AvgIpc) is 3.52. The summed E-state index contributed by atoms with van der Waals surface area (Å²) in [6.45, 7) is 5.07. The van der Waals surface area contributed by atoms with Gasteiger partial charge in [0.05, 0.1) is 18.3 Å². The Balaban J connectivity index is 1.55. The van der Waals surface area contributed by atoms with Crippen LogP contribution in [0.1, 0.15) is 68.8 Å². The molecule has 1 aromatic carbocycles. The van der Waals surface area contributed by atoms with Gasteiger partial charge < -0.3 is 10.1 Å². The van der Waals surface area contributed by atoms with Crippen LogP contribution in [0.5, 0.6) is 0 Å². The molecule has 6 nitrogen and oxygen atoms in total. The minimum absolute atomic E-state index is 0.0549. The highest BCUT2D eigenvalue weighted by molar-refractivity contribution is 5.87. The van der Waals surface area contributed by atoms with Gasteiger partial charge in [0, 0.05) is 12.6 Å². The number of hydrogen-bond donors (Lipinski definition) is 1. The number of pyridine rings is 1. The molecule has 1 saturated carbocycles. The number of ether oxygens (including phenoxy) is 1. The molecule has 2 fully saturated rings. The van der Waals surface area contributed by atoms with Crippen molar-refractivity contribution in [3.05, 3.63) is 65.5 Å². The first kappa shape index (κ1) is 22.2. The number of alkyl halides is 1. The van der Waals surface area contributed by atoms with Crippen LogP contribution in [0.3, 0.4) is 0 Å². The second-order valence-electron chi connectivity index (χ2n) is 9.62. The van der Waals surface area contributed by atoms with Crippen LogP contribution in [0, 0.1) is 0 Å². The smallest absolute Gasteiger partial charge is 0.411 e. The second-order valence-corrected chi connectivity index (χ2v) is 9.62. The quantitative estimate of drug-likeness (QED) is 0.744. The molecule has 3 atom stereocenters. The number of nitrogens with one attached hydrogen (secondary N) is 1. The van der Waals surface area contributed by atoms with Crippen molar-refractivity contribution in [2.24, 2.45) is 0 Å². The van der Waals surface area contributed by atoms with Crippen molar-refractivity contribution in [1.29, 1.82) is 0 Å². The monoisotopic (exact) mass is 439 g/mol. The maximum Gasteiger partial charge on any atom is 0.411 e. The number of likely N-dealkylation sites (tertiary alicyclic amines) is 1. The number of carbonyl (C=O) groups is 2.